The molecule has 0 aliphatic heterocycles. The molecule has 3 nitrogen and oxygen atoms in total. The molecule has 0 aliphatic carbocycles. The Morgan fingerprint density at radius 2 is 1.39 bits per heavy atom. The summed E-state index contributed by atoms with van der Waals surface area (Å²) in [5, 5.41) is 11.9. The van der Waals surface area contributed by atoms with Crippen molar-refractivity contribution >= 4 is 5.91 Å². The average molecular weight is 390 g/mol. The number of carbonyl (C=O) groups excluding carboxylic acids is 1. The van der Waals surface area contributed by atoms with E-state index < -0.39 is 5.41 Å². The van der Waals surface area contributed by atoms with E-state index in [1.165, 1.54) is 25.7 Å². The minimum Gasteiger partial charge on any atom is -0.394 e. The van der Waals surface area contributed by atoms with Crippen LogP contribution in [-0.2, 0) is 4.79 Å². The highest BCUT2D eigenvalue weighted by Gasteiger charge is 2.27. The van der Waals surface area contributed by atoms with E-state index in [0.717, 1.165) is 32.1 Å². The highest BCUT2D eigenvalue weighted by atomic mass is 16.3. The predicted molar refractivity (Wildman–Crippen MR) is 122 cm³/mol. The molecule has 0 spiro atoms. The summed E-state index contributed by atoms with van der Waals surface area (Å²) >= 11 is 0. The summed E-state index contributed by atoms with van der Waals surface area (Å²) in [5.41, 5.74) is -0.418. The fraction of sp³-hybridized carbons (Fsp3) is 0.640. The van der Waals surface area contributed by atoms with Crippen molar-refractivity contribution in [2.75, 3.05) is 6.61 Å². The average Bonchev–Trinajstić information content (AvgIpc) is 2.67. The third-order valence-electron chi connectivity index (χ3n) is 4.66. The van der Waals surface area contributed by atoms with E-state index in [-0.39, 0.29) is 18.6 Å². The van der Waals surface area contributed by atoms with Gasteiger partial charge in [-0.25, -0.2) is 0 Å². The molecular formula is C25H43NO2. The number of hydrogen-bond donors (Lipinski definition) is 2. The van der Waals surface area contributed by atoms with Crippen LogP contribution in [0.25, 0.3) is 0 Å². The van der Waals surface area contributed by atoms with Crippen LogP contribution in [0.2, 0.25) is 0 Å². The third kappa shape index (κ3) is 15.4. The van der Waals surface area contributed by atoms with Gasteiger partial charge in [-0.2, -0.15) is 0 Å². The first-order valence-electron chi connectivity index (χ1n) is 11.0. The normalized spacial score (nSPS) is 14.0. The number of nitrogens with one attached hydrogen (secondary N) is 1. The lowest BCUT2D eigenvalue weighted by Gasteiger charge is -2.24. The van der Waals surface area contributed by atoms with Crippen molar-refractivity contribution in [3.63, 3.8) is 0 Å². The van der Waals surface area contributed by atoms with Crippen molar-refractivity contribution in [1.82, 2.24) is 5.32 Å². The molecule has 0 radical (unpaired) electrons. The minimum absolute atomic E-state index is 0.00457. The predicted octanol–water partition coefficient (Wildman–Crippen LogP) is 6.27. The van der Waals surface area contributed by atoms with Gasteiger partial charge in [0.15, 0.2) is 0 Å². The van der Waals surface area contributed by atoms with Crippen LogP contribution in [-0.4, -0.2) is 23.7 Å². The molecule has 1 amide bonds. The maximum Gasteiger partial charge on any atom is 0.225 e. The number of aliphatic hydroxyl groups is 1. The van der Waals surface area contributed by atoms with E-state index in [4.69, 9.17) is 5.11 Å². The number of unbranched alkanes of at least 4 members (excludes halogenated alkanes) is 3. The Kier molecular flexibility index (Phi) is 16.5. The highest BCUT2D eigenvalue weighted by molar-refractivity contribution is 5.82. The molecular weight excluding hydrogens is 346 g/mol. The molecule has 160 valence electrons. The van der Waals surface area contributed by atoms with E-state index in [0.29, 0.717) is 0 Å². The number of hydrogen-bond acceptors (Lipinski definition) is 2. The number of allylic oxidation sites excluding steroid dienone is 8. The molecule has 2 N–H and O–H groups in total. The van der Waals surface area contributed by atoms with Crippen molar-refractivity contribution in [3.05, 3.63) is 48.6 Å². The first kappa shape index (κ1) is 26.4. The molecule has 0 unspecified atom stereocenters. The molecule has 0 aromatic rings. The smallest absolute Gasteiger partial charge is 0.225 e. The Balaban J connectivity index is 3.80. The lowest BCUT2D eigenvalue weighted by atomic mass is 9.86. The summed E-state index contributed by atoms with van der Waals surface area (Å²) < 4.78 is 0. The quantitative estimate of drug-likeness (QED) is 0.241. The molecule has 0 fully saturated rings. The SMILES string of the molecule is CCCCC/C=C\C/C=C\C/C=C\C/C=C\CCC(C)(C)C(=O)N[C@@H](C)CO. The van der Waals surface area contributed by atoms with Crippen LogP contribution in [0.15, 0.2) is 48.6 Å². The van der Waals surface area contributed by atoms with Gasteiger partial charge in [0.2, 0.25) is 5.91 Å². The second-order valence-corrected chi connectivity index (χ2v) is 8.07. The highest BCUT2D eigenvalue weighted by Crippen LogP contribution is 2.23. The van der Waals surface area contributed by atoms with Crippen LogP contribution in [0.1, 0.15) is 85.5 Å². The van der Waals surface area contributed by atoms with Gasteiger partial charge < -0.3 is 10.4 Å². The molecule has 28 heavy (non-hydrogen) atoms. The fourth-order valence-corrected chi connectivity index (χ4v) is 2.58. The van der Waals surface area contributed by atoms with Gasteiger partial charge in [-0.05, 0) is 51.9 Å². The maximum absolute atomic E-state index is 12.2. The zero-order chi connectivity index (χ0) is 21.1. The summed E-state index contributed by atoms with van der Waals surface area (Å²) in [5.74, 6) is 0.00457. The molecule has 0 aromatic heterocycles. The number of rotatable bonds is 16. The van der Waals surface area contributed by atoms with Crippen molar-refractivity contribution in [2.24, 2.45) is 5.41 Å². The van der Waals surface area contributed by atoms with Gasteiger partial charge in [0.05, 0.1) is 6.61 Å². The molecule has 3 heteroatoms. The number of amides is 1. The monoisotopic (exact) mass is 389 g/mol. The van der Waals surface area contributed by atoms with Gasteiger partial charge in [0.1, 0.15) is 0 Å². The second-order valence-electron chi connectivity index (χ2n) is 8.07. The summed E-state index contributed by atoms with van der Waals surface area (Å²) in [6, 6.07) is -0.191. The lowest BCUT2D eigenvalue weighted by Crippen LogP contribution is -2.43. The first-order valence-corrected chi connectivity index (χ1v) is 11.0. The third-order valence-corrected chi connectivity index (χ3v) is 4.66. The summed E-state index contributed by atoms with van der Waals surface area (Å²) in [6.07, 6.45) is 27.4. The minimum atomic E-state index is -0.418. The van der Waals surface area contributed by atoms with Crippen molar-refractivity contribution < 1.29 is 9.90 Å². The van der Waals surface area contributed by atoms with E-state index in [2.05, 4.69) is 60.8 Å². The Labute approximate surface area is 173 Å². The zero-order valence-electron chi connectivity index (χ0n) is 18.6. The van der Waals surface area contributed by atoms with Crippen LogP contribution >= 0.6 is 0 Å². The molecule has 0 bridgehead atoms. The summed E-state index contributed by atoms with van der Waals surface area (Å²) in [7, 11) is 0. The largest absolute Gasteiger partial charge is 0.394 e. The van der Waals surface area contributed by atoms with Gasteiger partial charge in [-0.3, -0.25) is 4.79 Å². The number of carbonyl (C=O) groups is 1. The van der Waals surface area contributed by atoms with Gasteiger partial charge in [-0.15, -0.1) is 0 Å². The van der Waals surface area contributed by atoms with Crippen LogP contribution in [0.4, 0.5) is 0 Å². The topological polar surface area (TPSA) is 49.3 Å². The van der Waals surface area contributed by atoms with Gasteiger partial charge in [0.25, 0.3) is 0 Å². The molecule has 0 saturated heterocycles. The Hall–Kier alpha value is -1.61. The summed E-state index contributed by atoms with van der Waals surface area (Å²) in [4.78, 5) is 12.2. The molecule has 1 atom stereocenters. The molecule has 0 saturated carbocycles. The Morgan fingerprint density at radius 3 is 1.89 bits per heavy atom. The van der Waals surface area contributed by atoms with Crippen LogP contribution in [0.5, 0.6) is 0 Å². The molecule has 0 heterocycles. The Bertz CT molecular complexity index is 501. The zero-order valence-corrected chi connectivity index (χ0v) is 18.6. The van der Waals surface area contributed by atoms with Crippen LogP contribution in [0.3, 0.4) is 0 Å². The molecule has 0 aromatic carbocycles. The lowest BCUT2D eigenvalue weighted by molar-refractivity contribution is -0.130. The van der Waals surface area contributed by atoms with E-state index >= 15 is 0 Å². The second kappa shape index (κ2) is 17.5. The molecule has 0 aliphatic rings. The number of aliphatic hydroxyl groups excluding tert-OH is 1. The fourth-order valence-electron chi connectivity index (χ4n) is 2.58. The van der Waals surface area contributed by atoms with Crippen molar-refractivity contribution in [3.8, 4) is 0 Å². The van der Waals surface area contributed by atoms with E-state index in [9.17, 15) is 4.79 Å². The van der Waals surface area contributed by atoms with Gasteiger partial charge in [-0.1, -0.05) is 82.2 Å². The molecule has 0 rings (SSSR count). The van der Waals surface area contributed by atoms with Crippen molar-refractivity contribution in [1.29, 1.82) is 0 Å². The van der Waals surface area contributed by atoms with Gasteiger partial charge >= 0.3 is 0 Å². The van der Waals surface area contributed by atoms with E-state index in [1.807, 2.05) is 13.8 Å². The first-order chi connectivity index (χ1) is 13.4. The summed E-state index contributed by atoms with van der Waals surface area (Å²) in [6.45, 7) is 7.92. The standard InChI is InChI=1S/C25H43NO2/c1-5-6-7-8-9-10-11-12-13-14-15-16-17-18-19-20-21-25(3,4)24(28)26-23(2)22-27/h9-10,12-13,15-16,18-19,23,27H,5-8,11,14,17,20-22H2,1-4H3,(H,26,28)/b10-9-,13-12-,16-15-,19-18-/t23-/m0/s1. The van der Waals surface area contributed by atoms with Crippen LogP contribution in [0, 0.1) is 5.41 Å². The Morgan fingerprint density at radius 1 is 0.893 bits per heavy atom. The van der Waals surface area contributed by atoms with Crippen molar-refractivity contribution in [2.45, 2.75) is 91.5 Å². The van der Waals surface area contributed by atoms with Gasteiger partial charge in [0, 0.05) is 11.5 Å². The van der Waals surface area contributed by atoms with Crippen LogP contribution < -0.4 is 5.32 Å². The van der Waals surface area contributed by atoms with E-state index in [1.54, 1.807) is 6.92 Å². The maximum atomic E-state index is 12.2.